The smallest absolute Gasteiger partial charge is 0.164 e. The Morgan fingerprint density at radius 1 is 0.355 bits per heavy atom. The molecule has 0 bridgehead atoms. The van der Waals surface area contributed by atoms with Gasteiger partial charge in [-0.1, -0.05) is 194 Å². The molecule has 1 atom stereocenters. The molecular weight excluding hydrogens is 772 g/mol. The lowest BCUT2D eigenvalue weighted by Crippen LogP contribution is -2.22. The van der Waals surface area contributed by atoms with Crippen LogP contribution < -0.4 is 15.9 Å². The maximum Gasteiger partial charge on any atom is 0.164 e. The molecule has 0 amide bonds. The number of rotatable bonds is 6. The van der Waals surface area contributed by atoms with Gasteiger partial charge in [0.05, 0.1) is 11.2 Å². The molecule has 62 heavy (non-hydrogen) atoms. The highest BCUT2D eigenvalue weighted by Crippen LogP contribution is 2.50. The molecule has 11 aromatic rings. The SMILES string of the molecule is c1ccc(-c2nc(-c3ccccc3)nc(-c3cccc(-c4cccc(-n5c6c(c7ccccc75)-c5ccccc5P(c5ccc7ccccc7c5)c5ccccc5-6)c4)c3)n2)cc1. The van der Waals surface area contributed by atoms with Crippen LogP contribution in [0.3, 0.4) is 0 Å². The van der Waals surface area contributed by atoms with Crippen molar-refractivity contribution in [1.29, 1.82) is 0 Å². The molecule has 1 aliphatic heterocycles. The van der Waals surface area contributed by atoms with E-state index >= 15 is 0 Å². The number of fused-ring (bicyclic) bond motifs is 8. The van der Waals surface area contributed by atoms with Gasteiger partial charge in [0.25, 0.3) is 0 Å². The van der Waals surface area contributed by atoms with Crippen molar-refractivity contribution < 1.29 is 0 Å². The highest BCUT2D eigenvalue weighted by atomic mass is 31.1. The molecule has 0 saturated carbocycles. The minimum atomic E-state index is -0.888. The second kappa shape index (κ2) is 15.0. The van der Waals surface area contributed by atoms with Crippen molar-refractivity contribution >= 4 is 45.5 Å². The van der Waals surface area contributed by atoms with Crippen LogP contribution >= 0.6 is 7.92 Å². The summed E-state index contributed by atoms with van der Waals surface area (Å²) in [6.07, 6.45) is 0. The number of hydrogen-bond acceptors (Lipinski definition) is 3. The van der Waals surface area contributed by atoms with E-state index in [2.05, 4.69) is 168 Å². The molecule has 0 saturated heterocycles. The van der Waals surface area contributed by atoms with Crippen LogP contribution in [0.15, 0.2) is 224 Å². The van der Waals surface area contributed by atoms with Crippen LogP contribution in [0.25, 0.3) is 95.0 Å². The van der Waals surface area contributed by atoms with E-state index in [1.54, 1.807) is 0 Å². The van der Waals surface area contributed by atoms with Crippen LogP contribution in [0.2, 0.25) is 0 Å². The van der Waals surface area contributed by atoms with E-state index in [0.29, 0.717) is 17.5 Å². The third kappa shape index (κ3) is 6.15. The first-order valence-corrected chi connectivity index (χ1v) is 22.3. The number of benzene rings is 9. The average Bonchev–Trinajstić information content (AvgIpc) is 3.63. The highest BCUT2D eigenvalue weighted by molar-refractivity contribution is 7.80. The summed E-state index contributed by atoms with van der Waals surface area (Å²) >= 11 is 0. The van der Waals surface area contributed by atoms with Crippen LogP contribution in [-0.2, 0) is 0 Å². The molecule has 4 nitrogen and oxygen atoms in total. The first-order chi connectivity index (χ1) is 30.7. The summed E-state index contributed by atoms with van der Waals surface area (Å²) in [5, 5.41) is 7.86. The standard InChI is InChI=1S/C57H37N4P/c1-3-18-39(19-4-1)55-58-56(40-20-5-2-6-21-40)60-57(59-55)44-25-15-23-41(35-44)42-24-16-26-45(36-42)61-50-30-12-9-27-47(50)53-48-28-10-13-31-51(48)62(52-32-14-11-29-49(52)54(53)61)46-34-33-38-17-7-8-22-43(38)37-46/h1-37H. The van der Waals surface area contributed by atoms with Crippen LogP contribution in [0.4, 0.5) is 0 Å². The molecule has 0 aliphatic carbocycles. The Labute approximate surface area is 361 Å². The summed E-state index contributed by atoms with van der Waals surface area (Å²) in [4.78, 5) is 15.0. The van der Waals surface area contributed by atoms with Crippen LogP contribution in [0.1, 0.15) is 0 Å². The zero-order chi connectivity index (χ0) is 41.0. The van der Waals surface area contributed by atoms with E-state index in [-0.39, 0.29) is 0 Å². The number of nitrogens with zero attached hydrogens (tertiary/aromatic N) is 4. The van der Waals surface area contributed by atoms with Gasteiger partial charge in [-0.25, -0.2) is 15.0 Å². The Balaban J connectivity index is 1.03. The summed E-state index contributed by atoms with van der Waals surface area (Å²) in [7, 11) is -0.888. The van der Waals surface area contributed by atoms with Gasteiger partial charge in [-0.3, -0.25) is 0 Å². The summed E-state index contributed by atoms with van der Waals surface area (Å²) in [5.41, 5.74) is 12.4. The molecule has 3 heterocycles. The Bertz CT molecular complexity index is 3430. The first-order valence-electron chi connectivity index (χ1n) is 20.9. The minimum absolute atomic E-state index is 0.635. The second-order valence-electron chi connectivity index (χ2n) is 15.6. The van der Waals surface area contributed by atoms with Gasteiger partial charge in [0.15, 0.2) is 17.5 Å². The lowest BCUT2D eigenvalue weighted by atomic mass is 9.98. The van der Waals surface area contributed by atoms with Crippen molar-refractivity contribution in [2.45, 2.75) is 0 Å². The summed E-state index contributed by atoms with van der Waals surface area (Å²) < 4.78 is 2.50. The largest absolute Gasteiger partial charge is 0.309 e. The summed E-state index contributed by atoms with van der Waals surface area (Å²) in [6, 6.07) is 80.7. The van der Waals surface area contributed by atoms with Crippen LogP contribution in [-0.4, -0.2) is 19.5 Å². The van der Waals surface area contributed by atoms with E-state index in [1.807, 2.05) is 60.7 Å². The van der Waals surface area contributed by atoms with Crippen molar-refractivity contribution in [3.8, 4) is 73.4 Å². The lowest BCUT2D eigenvalue weighted by molar-refractivity contribution is 1.07. The maximum absolute atomic E-state index is 5.04. The topological polar surface area (TPSA) is 43.6 Å². The number of para-hydroxylation sites is 1. The van der Waals surface area contributed by atoms with E-state index in [0.717, 1.165) is 33.5 Å². The van der Waals surface area contributed by atoms with Crippen LogP contribution in [0, 0.1) is 0 Å². The van der Waals surface area contributed by atoms with Gasteiger partial charge in [-0.05, 0) is 81.6 Å². The molecule has 0 N–H and O–H groups in total. The molecule has 0 fully saturated rings. The second-order valence-corrected chi connectivity index (χ2v) is 17.8. The molecule has 0 radical (unpaired) electrons. The fraction of sp³-hybridized carbons (Fsp3) is 0. The van der Waals surface area contributed by atoms with Gasteiger partial charge in [-0.2, -0.15) is 0 Å². The molecule has 9 aromatic carbocycles. The first kappa shape index (κ1) is 36.1. The van der Waals surface area contributed by atoms with Gasteiger partial charge in [0, 0.05) is 38.9 Å². The summed E-state index contributed by atoms with van der Waals surface area (Å²) in [6.45, 7) is 0. The van der Waals surface area contributed by atoms with Crippen molar-refractivity contribution in [1.82, 2.24) is 19.5 Å². The Morgan fingerprint density at radius 3 is 1.63 bits per heavy atom. The van der Waals surface area contributed by atoms with Crippen LogP contribution in [0.5, 0.6) is 0 Å². The van der Waals surface area contributed by atoms with Gasteiger partial charge in [0.2, 0.25) is 0 Å². The fourth-order valence-electron chi connectivity index (χ4n) is 9.11. The zero-order valence-corrected chi connectivity index (χ0v) is 34.5. The quantitative estimate of drug-likeness (QED) is 0.157. The molecule has 2 aromatic heterocycles. The van der Waals surface area contributed by atoms with Crippen molar-refractivity contribution in [3.63, 3.8) is 0 Å². The molecule has 1 unspecified atom stereocenters. The molecule has 290 valence electrons. The van der Waals surface area contributed by atoms with Gasteiger partial charge in [-0.15, -0.1) is 0 Å². The third-order valence-electron chi connectivity index (χ3n) is 11.9. The van der Waals surface area contributed by atoms with E-state index in [4.69, 9.17) is 15.0 Å². The Kier molecular flexibility index (Phi) is 8.76. The number of hydrogen-bond donors (Lipinski definition) is 0. The predicted molar refractivity (Wildman–Crippen MR) is 259 cm³/mol. The number of aromatic nitrogens is 4. The Morgan fingerprint density at radius 2 is 0.887 bits per heavy atom. The molecule has 12 rings (SSSR count). The molecular formula is C57H37N4P. The molecule has 1 aliphatic rings. The minimum Gasteiger partial charge on any atom is -0.309 e. The van der Waals surface area contributed by atoms with E-state index < -0.39 is 7.92 Å². The normalized spacial score (nSPS) is 13.0. The van der Waals surface area contributed by atoms with E-state index in [9.17, 15) is 0 Å². The van der Waals surface area contributed by atoms with Crippen molar-refractivity contribution in [2.24, 2.45) is 0 Å². The Hall–Kier alpha value is -7.78. The third-order valence-corrected chi connectivity index (χ3v) is 14.5. The van der Waals surface area contributed by atoms with Crippen molar-refractivity contribution in [2.75, 3.05) is 0 Å². The monoisotopic (exact) mass is 808 g/mol. The molecule has 0 spiro atoms. The summed E-state index contributed by atoms with van der Waals surface area (Å²) in [5.74, 6) is 1.93. The maximum atomic E-state index is 5.04. The average molecular weight is 809 g/mol. The zero-order valence-electron chi connectivity index (χ0n) is 33.6. The van der Waals surface area contributed by atoms with E-state index in [1.165, 1.54) is 60.0 Å². The van der Waals surface area contributed by atoms with Gasteiger partial charge < -0.3 is 4.57 Å². The van der Waals surface area contributed by atoms with Gasteiger partial charge in [0.1, 0.15) is 0 Å². The lowest BCUT2D eigenvalue weighted by Gasteiger charge is -2.22. The predicted octanol–water partition coefficient (Wildman–Crippen LogP) is 13.0. The fourth-order valence-corrected chi connectivity index (χ4v) is 11.7. The highest BCUT2D eigenvalue weighted by Gasteiger charge is 2.32. The van der Waals surface area contributed by atoms with Gasteiger partial charge >= 0.3 is 0 Å². The molecule has 5 heteroatoms. The van der Waals surface area contributed by atoms with Crippen molar-refractivity contribution in [3.05, 3.63) is 224 Å².